The van der Waals surface area contributed by atoms with E-state index in [1.165, 1.54) is 6.08 Å². The van der Waals surface area contributed by atoms with Crippen molar-refractivity contribution in [3.05, 3.63) is 23.2 Å². The molecule has 10 heteroatoms. The van der Waals surface area contributed by atoms with Crippen molar-refractivity contribution in [3.8, 4) is 0 Å². The van der Waals surface area contributed by atoms with E-state index in [2.05, 4.69) is 0 Å². The molecule has 4 rings (SSSR count). The molecule has 1 atom stereocenters. The monoisotopic (exact) mass is 452 g/mol. The molecule has 0 amide bonds. The second-order valence-corrected chi connectivity index (χ2v) is 10.6. The summed E-state index contributed by atoms with van der Waals surface area (Å²) < 4.78 is 16.9. The number of hydrogen-bond acceptors (Lipinski definition) is 9. The van der Waals surface area contributed by atoms with E-state index in [0.29, 0.717) is 36.9 Å². The normalized spacial score (nSPS) is 21.1. The number of rotatable bonds is 11. The molecule has 0 saturated carbocycles. The van der Waals surface area contributed by atoms with Gasteiger partial charge in [-0.15, -0.1) is 0 Å². The number of nitrogens with zero attached hydrogens (tertiary/aromatic N) is 3. The van der Waals surface area contributed by atoms with E-state index in [-0.39, 0.29) is 17.2 Å². The standard InChI is InChI=1S/C12H13N3O2.C9H23NO3Si/c16-9-7-8(13-1-2-13)12(17)11(15-5-6-15)10(9)14-3-4-14;1-5-9(10)14(11-6-2,12-7-3)13-8-4/h7H,1-6H2;9H,5-8,10H2,1-4H3. The Kier molecular flexibility index (Phi) is 7.92. The van der Waals surface area contributed by atoms with Crippen molar-refractivity contribution in [2.24, 2.45) is 5.73 Å². The lowest BCUT2D eigenvalue weighted by Crippen LogP contribution is -2.60. The molecule has 0 aromatic carbocycles. The van der Waals surface area contributed by atoms with Crippen LogP contribution in [0.2, 0.25) is 0 Å². The lowest BCUT2D eigenvalue weighted by atomic mass is 10.0. The maximum absolute atomic E-state index is 12.4. The van der Waals surface area contributed by atoms with Gasteiger partial charge in [0.25, 0.3) is 0 Å². The van der Waals surface area contributed by atoms with Gasteiger partial charge in [-0.2, -0.15) is 0 Å². The zero-order valence-electron chi connectivity index (χ0n) is 19.2. The minimum atomic E-state index is -2.62. The predicted octanol–water partition coefficient (Wildman–Crippen LogP) is 0.492. The third-order valence-corrected chi connectivity index (χ3v) is 8.81. The van der Waals surface area contributed by atoms with Crippen LogP contribution in [0.15, 0.2) is 23.2 Å². The average Bonchev–Trinajstić information content (AvgIpc) is 3.57. The van der Waals surface area contributed by atoms with Gasteiger partial charge >= 0.3 is 8.80 Å². The van der Waals surface area contributed by atoms with Gasteiger partial charge in [-0.25, -0.2) is 0 Å². The van der Waals surface area contributed by atoms with Crippen molar-refractivity contribution in [3.63, 3.8) is 0 Å². The summed E-state index contributed by atoms with van der Waals surface area (Å²) in [5.41, 5.74) is 7.76. The number of nitrogens with two attached hydrogens (primary N) is 1. The van der Waals surface area contributed by atoms with E-state index in [0.717, 1.165) is 45.7 Å². The minimum Gasteiger partial charge on any atom is -0.373 e. The molecule has 1 aliphatic carbocycles. The zero-order valence-corrected chi connectivity index (χ0v) is 20.2. The highest BCUT2D eigenvalue weighted by molar-refractivity contribution is 6.62. The van der Waals surface area contributed by atoms with Crippen molar-refractivity contribution < 1.29 is 22.9 Å². The van der Waals surface area contributed by atoms with Crippen LogP contribution in [0.1, 0.15) is 34.1 Å². The molecule has 31 heavy (non-hydrogen) atoms. The molecule has 4 aliphatic rings. The lowest BCUT2D eigenvalue weighted by molar-refractivity contribution is -0.117. The van der Waals surface area contributed by atoms with E-state index in [1.54, 1.807) is 0 Å². The van der Waals surface area contributed by atoms with Crippen LogP contribution in [0, 0.1) is 0 Å². The molecule has 1 unspecified atom stereocenters. The second-order valence-electron chi connectivity index (χ2n) is 7.80. The van der Waals surface area contributed by atoms with Gasteiger partial charge in [0.2, 0.25) is 11.6 Å². The van der Waals surface area contributed by atoms with Crippen LogP contribution in [0.5, 0.6) is 0 Å². The molecule has 3 heterocycles. The van der Waals surface area contributed by atoms with Crippen LogP contribution in [0.4, 0.5) is 0 Å². The molecule has 2 N–H and O–H groups in total. The Hall–Kier alpha value is -1.72. The van der Waals surface area contributed by atoms with Gasteiger partial charge in [0, 0.05) is 65.2 Å². The maximum Gasteiger partial charge on any atom is 0.518 e. The van der Waals surface area contributed by atoms with E-state index in [9.17, 15) is 9.59 Å². The van der Waals surface area contributed by atoms with E-state index < -0.39 is 8.80 Å². The largest absolute Gasteiger partial charge is 0.518 e. The van der Waals surface area contributed by atoms with Crippen LogP contribution in [0.25, 0.3) is 0 Å². The summed E-state index contributed by atoms with van der Waals surface area (Å²) in [6.07, 6.45) is 2.34. The highest BCUT2D eigenvalue weighted by Crippen LogP contribution is 2.33. The molecule has 174 valence electrons. The fourth-order valence-electron chi connectivity index (χ4n) is 3.58. The van der Waals surface area contributed by atoms with Crippen LogP contribution in [-0.2, 0) is 22.9 Å². The topological polar surface area (TPSA) is 96.9 Å². The van der Waals surface area contributed by atoms with Crippen molar-refractivity contribution in [1.82, 2.24) is 14.7 Å². The quantitative estimate of drug-likeness (QED) is 0.273. The summed E-state index contributed by atoms with van der Waals surface area (Å²) >= 11 is 0. The first-order chi connectivity index (χ1) is 14.9. The Morgan fingerprint density at radius 1 is 0.839 bits per heavy atom. The van der Waals surface area contributed by atoms with Gasteiger partial charge in [-0.05, 0) is 27.2 Å². The molecular weight excluding hydrogens is 416 g/mol. The molecule has 3 fully saturated rings. The first kappa shape index (κ1) is 23.9. The van der Waals surface area contributed by atoms with E-state index in [1.807, 2.05) is 42.4 Å². The van der Waals surface area contributed by atoms with Gasteiger partial charge in [-0.1, -0.05) is 6.92 Å². The molecule has 0 aromatic rings. The zero-order chi connectivity index (χ0) is 22.6. The lowest BCUT2D eigenvalue weighted by Gasteiger charge is -2.32. The van der Waals surface area contributed by atoms with Crippen molar-refractivity contribution >= 4 is 20.4 Å². The Labute approximate surface area is 186 Å². The van der Waals surface area contributed by atoms with Gasteiger partial charge in [0.15, 0.2) is 0 Å². The molecule has 0 spiro atoms. The van der Waals surface area contributed by atoms with Crippen molar-refractivity contribution in [2.75, 3.05) is 59.1 Å². The summed E-state index contributed by atoms with van der Waals surface area (Å²) in [4.78, 5) is 30.5. The molecule has 0 radical (unpaired) electrons. The van der Waals surface area contributed by atoms with Gasteiger partial charge in [0.1, 0.15) is 11.4 Å². The number of ketones is 2. The van der Waals surface area contributed by atoms with Crippen LogP contribution in [-0.4, -0.2) is 99.8 Å². The molecule has 0 bridgehead atoms. The van der Waals surface area contributed by atoms with Crippen molar-refractivity contribution in [2.45, 2.75) is 39.8 Å². The summed E-state index contributed by atoms with van der Waals surface area (Å²) in [5, 5.41) is 0. The van der Waals surface area contributed by atoms with Crippen LogP contribution >= 0.6 is 0 Å². The van der Waals surface area contributed by atoms with E-state index in [4.69, 9.17) is 19.0 Å². The number of carbonyl (C=O) groups excluding carboxylic acids is 2. The second kappa shape index (κ2) is 10.3. The van der Waals surface area contributed by atoms with Gasteiger partial charge < -0.3 is 33.7 Å². The molecule has 3 aliphatic heterocycles. The Morgan fingerprint density at radius 2 is 1.29 bits per heavy atom. The Bertz CT molecular complexity index is 727. The molecule has 9 nitrogen and oxygen atoms in total. The minimum absolute atomic E-state index is 0.00546. The third-order valence-electron chi connectivity index (χ3n) is 5.42. The predicted molar refractivity (Wildman–Crippen MR) is 119 cm³/mol. The number of Topliss-reactive ketones (excluding diaryl/α,β-unsaturated/α-hetero) is 1. The average molecular weight is 453 g/mol. The van der Waals surface area contributed by atoms with Crippen LogP contribution < -0.4 is 5.73 Å². The Morgan fingerprint density at radius 3 is 1.68 bits per heavy atom. The Balaban J connectivity index is 0.000000181. The molecular formula is C21H36N4O5Si. The summed E-state index contributed by atoms with van der Waals surface area (Å²) in [5.74, 6) is 0.0485. The van der Waals surface area contributed by atoms with Crippen LogP contribution in [0.3, 0.4) is 0 Å². The maximum atomic E-state index is 12.4. The highest BCUT2D eigenvalue weighted by atomic mass is 28.4. The SMILES string of the molecule is CCO[Si](OCC)(OCC)C(N)CC.O=C1C=C(N2CC2)C(=O)C(N2CC2)=C1N1CC1. The smallest absolute Gasteiger partial charge is 0.373 e. The van der Waals surface area contributed by atoms with Gasteiger partial charge in [-0.3, -0.25) is 9.59 Å². The first-order valence-electron chi connectivity index (χ1n) is 11.4. The summed E-state index contributed by atoms with van der Waals surface area (Å²) in [7, 11) is -2.62. The van der Waals surface area contributed by atoms with Gasteiger partial charge in [0.05, 0.1) is 11.4 Å². The number of allylic oxidation sites excluding steroid dienone is 1. The molecule has 3 saturated heterocycles. The highest BCUT2D eigenvalue weighted by Gasteiger charge is 2.46. The third kappa shape index (κ3) is 5.56. The summed E-state index contributed by atoms with van der Waals surface area (Å²) in [6, 6.07) is 0. The molecule has 0 aromatic heterocycles. The van der Waals surface area contributed by atoms with Crippen molar-refractivity contribution in [1.29, 1.82) is 0 Å². The van der Waals surface area contributed by atoms with E-state index >= 15 is 0 Å². The number of carbonyl (C=O) groups is 2. The summed E-state index contributed by atoms with van der Waals surface area (Å²) in [6.45, 7) is 15.0. The number of hydrogen-bond donors (Lipinski definition) is 1. The first-order valence-corrected chi connectivity index (χ1v) is 13.2. The fourth-order valence-corrected chi connectivity index (χ4v) is 6.17. The fraction of sp³-hybridized carbons (Fsp3) is 0.714.